The van der Waals surface area contributed by atoms with Gasteiger partial charge in [0.05, 0.1) is 10.6 Å². The summed E-state index contributed by atoms with van der Waals surface area (Å²) in [5.41, 5.74) is 0.462. The molecule has 0 unspecified atom stereocenters. The fourth-order valence-electron chi connectivity index (χ4n) is 9.95. The first-order valence-corrected chi connectivity index (χ1v) is 18.0. The van der Waals surface area contributed by atoms with Crippen molar-refractivity contribution in [1.82, 2.24) is 4.90 Å². The van der Waals surface area contributed by atoms with Gasteiger partial charge in [0.1, 0.15) is 11.9 Å². The summed E-state index contributed by atoms with van der Waals surface area (Å²) >= 11 is 6.62. The van der Waals surface area contributed by atoms with Crippen LogP contribution in [0.15, 0.2) is 12.1 Å². The zero-order chi connectivity index (χ0) is 33.5. The van der Waals surface area contributed by atoms with E-state index in [1.54, 1.807) is 6.07 Å². The number of unbranched alkanes of at least 4 members (excludes halogenated alkanes) is 5. The van der Waals surface area contributed by atoms with E-state index in [1.165, 1.54) is 0 Å². The summed E-state index contributed by atoms with van der Waals surface area (Å²) in [6, 6.07) is 3.90. The monoisotopic (exact) mass is 679 g/mol. The molecule has 8 atom stereocenters. The van der Waals surface area contributed by atoms with Gasteiger partial charge in [0, 0.05) is 23.8 Å². The van der Waals surface area contributed by atoms with Crippen molar-refractivity contribution < 1.29 is 36.6 Å². The summed E-state index contributed by atoms with van der Waals surface area (Å²) in [7, 11) is 0. The highest BCUT2D eigenvalue weighted by molar-refractivity contribution is 6.32. The van der Waals surface area contributed by atoms with Crippen molar-refractivity contribution in [2.75, 3.05) is 13.1 Å². The van der Waals surface area contributed by atoms with E-state index in [0.717, 1.165) is 82.0 Å². The Hall–Kier alpha value is -1.19. The van der Waals surface area contributed by atoms with E-state index in [-0.39, 0.29) is 35.8 Å². The summed E-state index contributed by atoms with van der Waals surface area (Å²) < 4.78 is 79.5. The first-order chi connectivity index (χ1) is 21.6. The molecule has 0 amide bonds. The molecule has 1 heterocycles. The van der Waals surface area contributed by atoms with Crippen LogP contribution in [0.25, 0.3) is 0 Å². The number of phenols is 1. The summed E-state index contributed by atoms with van der Waals surface area (Å²) in [6.07, 6.45) is 3.94. The topological polar surface area (TPSA) is 43.7 Å². The molecule has 0 aromatic heterocycles. The molecular weight excluding hydrogens is 628 g/mol. The average Bonchev–Trinajstić information content (AvgIpc) is 3.51. The van der Waals surface area contributed by atoms with E-state index < -0.39 is 35.7 Å². The first kappa shape index (κ1) is 36.1. The van der Waals surface area contributed by atoms with Crippen molar-refractivity contribution in [3.8, 4) is 5.75 Å². The smallest absolute Gasteiger partial charge is 0.453 e. The van der Waals surface area contributed by atoms with E-state index in [9.17, 15) is 32.2 Å². The highest BCUT2D eigenvalue weighted by atomic mass is 35.5. The van der Waals surface area contributed by atoms with Crippen LogP contribution in [-0.4, -0.2) is 58.1 Å². The van der Waals surface area contributed by atoms with Crippen molar-refractivity contribution in [2.45, 2.75) is 152 Å². The molecule has 10 heteroatoms. The Kier molecular flexibility index (Phi) is 11.0. The van der Waals surface area contributed by atoms with E-state index in [2.05, 4.69) is 11.8 Å². The fraction of sp³-hybridized carbons (Fsp3) is 0.833. The number of halogens is 7. The Bertz CT molecular complexity index is 1190. The normalized spacial score (nSPS) is 34.8. The third kappa shape index (κ3) is 7.08. The molecule has 46 heavy (non-hydrogen) atoms. The quantitative estimate of drug-likeness (QED) is 0.161. The SMILES string of the molecule is C[C@]12C[C@H](F)[C@@H]3c4ccc(O)c(Cl)c4C[C@@H](CCCCCN4CCC[C@H]4CCCCCCC(F)(F)C(F)(F)F)[C@H]3[C@@H]1CC[C@@]2(C)O. The number of likely N-dealkylation sites (tertiary alicyclic amines) is 1. The summed E-state index contributed by atoms with van der Waals surface area (Å²) in [6.45, 7) is 5.98. The van der Waals surface area contributed by atoms with Crippen LogP contribution in [0.5, 0.6) is 5.75 Å². The van der Waals surface area contributed by atoms with Crippen molar-refractivity contribution in [3.05, 3.63) is 28.3 Å². The minimum atomic E-state index is -5.47. The fourth-order valence-corrected chi connectivity index (χ4v) is 10.2. The van der Waals surface area contributed by atoms with Crippen molar-refractivity contribution in [3.63, 3.8) is 0 Å². The van der Waals surface area contributed by atoms with Gasteiger partial charge in [-0.2, -0.15) is 22.0 Å². The molecule has 3 fully saturated rings. The van der Waals surface area contributed by atoms with Gasteiger partial charge in [-0.05, 0) is 119 Å². The van der Waals surface area contributed by atoms with Crippen LogP contribution >= 0.6 is 11.6 Å². The lowest BCUT2D eigenvalue weighted by molar-refractivity contribution is -0.284. The maximum absolute atomic E-state index is 16.2. The van der Waals surface area contributed by atoms with Gasteiger partial charge in [0.15, 0.2) is 0 Å². The van der Waals surface area contributed by atoms with Gasteiger partial charge in [-0.1, -0.05) is 56.7 Å². The molecule has 1 aliphatic heterocycles. The van der Waals surface area contributed by atoms with Crippen LogP contribution in [0, 0.1) is 23.2 Å². The number of alkyl halides is 6. The lowest BCUT2D eigenvalue weighted by Gasteiger charge is -2.56. The zero-order valence-electron chi connectivity index (χ0n) is 27.3. The highest BCUT2D eigenvalue weighted by Gasteiger charge is 2.64. The number of nitrogens with zero attached hydrogens (tertiary/aromatic N) is 1. The Balaban J connectivity index is 1.11. The standard InChI is InChI=1S/C36H52ClF6NO2/c1-33-22-28(38)31-25-14-15-29(45)32(37)26(25)21-23(30(31)27(33)16-18-34(33,2)46)11-6-5-9-19-44-20-10-13-24(44)12-7-3-4-8-17-35(39,40)36(41,42)43/h14-15,23-24,27-28,30-31,45-46H,3-13,16-22H2,1-2H3/t23-,24-,27+,28+,30+,31+,33+,34-/m1/s1. The number of hydrogen-bond acceptors (Lipinski definition) is 3. The first-order valence-electron chi connectivity index (χ1n) is 17.6. The number of fused-ring (bicyclic) bond motifs is 5. The third-order valence-electron chi connectivity index (χ3n) is 12.7. The van der Waals surface area contributed by atoms with Crippen molar-refractivity contribution in [2.24, 2.45) is 23.2 Å². The number of rotatable bonds is 13. The second-order valence-corrected chi connectivity index (χ2v) is 15.8. The number of aliphatic hydroxyl groups is 1. The molecule has 4 aliphatic rings. The molecule has 0 bridgehead atoms. The summed E-state index contributed by atoms with van der Waals surface area (Å²) in [5, 5.41) is 22.1. The maximum atomic E-state index is 16.2. The van der Waals surface area contributed by atoms with E-state index in [4.69, 9.17) is 11.6 Å². The molecule has 5 rings (SSSR count). The van der Waals surface area contributed by atoms with E-state index >= 15 is 4.39 Å². The molecule has 0 radical (unpaired) electrons. The largest absolute Gasteiger partial charge is 0.506 e. The van der Waals surface area contributed by atoms with Crippen LogP contribution in [0.2, 0.25) is 5.02 Å². The predicted octanol–water partition coefficient (Wildman–Crippen LogP) is 10.4. The molecule has 0 spiro atoms. The zero-order valence-corrected chi connectivity index (χ0v) is 28.1. The number of phenolic OH excluding ortho intramolecular Hbond substituents is 1. The Morgan fingerprint density at radius 1 is 0.957 bits per heavy atom. The average molecular weight is 680 g/mol. The lowest BCUT2D eigenvalue weighted by Crippen LogP contribution is -2.55. The number of benzene rings is 1. The molecular formula is C36H52ClF6NO2. The number of aromatic hydroxyl groups is 1. The minimum Gasteiger partial charge on any atom is -0.506 e. The number of hydrogen-bond donors (Lipinski definition) is 2. The molecule has 2 N–H and O–H groups in total. The molecule has 1 aromatic rings. The summed E-state index contributed by atoms with van der Waals surface area (Å²) in [4.78, 5) is 2.51. The molecule has 2 saturated carbocycles. The molecule has 1 saturated heterocycles. The maximum Gasteiger partial charge on any atom is 0.453 e. The second-order valence-electron chi connectivity index (χ2n) is 15.4. The van der Waals surface area contributed by atoms with Gasteiger partial charge in [-0.3, -0.25) is 0 Å². The van der Waals surface area contributed by atoms with Gasteiger partial charge < -0.3 is 15.1 Å². The third-order valence-corrected chi connectivity index (χ3v) is 13.1. The second kappa shape index (κ2) is 14.0. The Morgan fingerprint density at radius 3 is 2.39 bits per heavy atom. The van der Waals surface area contributed by atoms with Crippen molar-refractivity contribution in [1.29, 1.82) is 0 Å². The van der Waals surface area contributed by atoms with Crippen LogP contribution < -0.4 is 0 Å². The van der Waals surface area contributed by atoms with E-state index in [0.29, 0.717) is 43.2 Å². The predicted molar refractivity (Wildman–Crippen MR) is 169 cm³/mol. The van der Waals surface area contributed by atoms with Crippen molar-refractivity contribution >= 4 is 11.6 Å². The van der Waals surface area contributed by atoms with Crippen LogP contribution in [-0.2, 0) is 6.42 Å². The highest BCUT2D eigenvalue weighted by Crippen LogP contribution is 2.66. The summed E-state index contributed by atoms with van der Waals surface area (Å²) in [5.74, 6) is -4.25. The van der Waals surface area contributed by atoms with E-state index in [1.807, 2.05) is 13.0 Å². The van der Waals surface area contributed by atoms with Crippen LogP contribution in [0.4, 0.5) is 26.3 Å². The van der Waals surface area contributed by atoms with Gasteiger partial charge in [0.2, 0.25) is 0 Å². The molecule has 3 nitrogen and oxygen atoms in total. The molecule has 262 valence electrons. The Morgan fingerprint density at radius 2 is 1.65 bits per heavy atom. The lowest BCUT2D eigenvalue weighted by atomic mass is 9.50. The van der Waals surface area contributed by atoms with Crippen LogP contribution in [0.1, 0.15) is 127 Å². The van der Waals surface area contributed by atoms with Gasteiger partial charge in [-0.15, -0.1) is 0 Å². The van der Waals surface area contributed by atoms with Gasteiger partial charge in [-0.25, -0.2) is 4.39 Å². The molecule has 3 aliphatic carbocycles. The Labute approximate surface area is 275 Å². The van der Waals surface area contributed by atoms with Gasteiger partial charge >= 0.3 is 12.1 Å². The van der Waals surface area contributed by atoms with Crippen LogP contribution in [0.3, 0.4) is 0 Å². The minimum absolute atomic E-state index is 0.0423. The van der Waals surface area contributed by atoms with Gasteiger partial charge in [0.25, 0.3) is 0 Å². The molecule has 1 aromatic carbocycles.